The Morgan fingerprint density at radius 1 is 1.24 bits per heavy atom. The van der Waals surface area contributed by atoms with E-state index in [4.69, 9.17) is 21.1 Å². The minimum atomic E-state index is -0.520. The summed E-state index contributed by atoms with van der Waals surface area (Å²) in [6.45, 7) is 4.09. The van der Waals surface area contributed by atoms with Crippen molar-refractivity contribution in [1.82, 2.24) is 5.32 Å². The Kier molecular flexibility index (Phi) is 9.63. The summed E-state index contributed by atoms with van der Waals surface area (Å²) < 4.78 is 10.7. The molecule has 0 heterocycles. The highest BCUT2D eigenvalue weighted by molar-refractivity contribution is 6.30. The highest BCUT2D eigenvalue weighted by atomic mass is 35.5. The minimum absolute atomic E-state index is 0.283. The second kappa shape index (κ2) is 11.0. The van der Waals surface area contributed by atoms with Gasteiger partial charge >= 0.3 is 0 Å². The van der Waals surface area contributed by atoms with E-state index in [0.717, 1.165) is 18.4 Å². The van der Waals surface area contributed by atoms with E-state index in [1.807, 2.05) is 24.3 Å². The molecule has 1 rings (SSSR count). The molecule has 1 aromatic rings. The molecule has 0 radical (unpaired) electrons. The van der Waals surface area contributed by atoms with Gasteiger partial charge in [0.25, 0.3) is 0 Å². The largest absolute Gasteiger partial charge is 0.389 e. The van der Waals surface area contributed by atoms with Gasteiger partial charge in [-0.25, -0.2) is 0 Å². The second-order valence-electron chi connectivity index (χ2n) is 5.14. The minimum Gasteiger partial charge on any atom is -0.389 e. The van der Waals surface area contributed by atoms with Gasteiger partial charge in [-0.2, -0.15) is 0 Å². The first kappa shape index (κ1) is 18.4. The van der Waals surface area contributed by atoms with Gasteiger partial charge in [0, 0.05) is 24.7 Å². The van der Waals surface area contributed by atoms with Crippen LogP contribution in [-0.4, -0.2) is 44.1 Å². The molecule has 0 spiro atoms. The summed E-state index contributed by atoms with van der Waals surface area (Å²) in [6, 6.07) is 7.79. The van der Waals surface area contributed by atoms with Gasteiger partial charge in [-0.05, 0) is 24.1 Å². The van der Waals surface area contributed by atoms with Crippen molar-refractivity contribution in [3.63, 3.8) is 0 Å². The Balaban J connectivity index is 2.18. The van der Waals surface area contributed by atoms with Crippen molar-refractivity contribution >= 4 is 11.6 Å². The van der Waals surface area contributed by atoms with E-state index < -0.39 is 6.10 Å². The number of aliphatic hydroxyl groups excluding tert-OH is 1. The zero-order valence-electron chi connectivity index (χ0n) is 12.8. The van der Waals surface area contributed by atoms with Crippen LogP contribution < -0.4 is 5.32 Å². The molecule has 0 amide bonds. The lowest BCUT2D eigenvalue weighted by molar-refractivity contribution is 0.0257. The Hall–Kier alpha value is -0.650. The third-order valence-corrected chi connectivity index (χ3v) is 3.39. The molecule has 5 heteroatoms. The third kappa shape index (κ3) is 8.39. The number of nitrogens with one attached hydrogen (secondary N) is 1. The van der Waals surface area contributed by atoms with Crippen LogP contribution in [0.1, 0.15) is 25.3 Å². The van der Waals surface area contributed by atoms with Crippen molar-refractivity contribution in [3.8, 4) is 0 Å². The molecule has 0 aromatic heterocycles. The fourth-order valence-electron chi connectivity index (χ4n) is 2.05. The molecule has 2 atom stereocenters. The quantitative estimate of drug-likeness (QED) is 0.659. The average molecular weight is 316 g/mol. The molecule has 0 fully saturated rings. The predicted octanol–water partition coefficient (Wildman–Crippen LogP) is 2.62. The second-order valence-corrected chi connectivity index (χ2v) is 5.58. The lowest BCUT2D eigenvalue weighted by Crippen LogP contribution is -2.39. The van der Waals surface area contributed by atoms with E-state index in [0.29, 0.717) is 31.4 Å². The van der Waals surface area contributed by atoms with E-state index in [1.54, 1.807) is 7.11 Å². The van der Waals surface area contributed by atoms with E-state index >= 15 is 0 Å². The fourth-order valence-corrected chi connectivity index (χ4v) is 2.18. The topological polar surface area (TPSA) is 50.7 Å². The summed E-state index contributed by atoms with van der Waals surface area (Å²) in [4.78, 5) is 0. The van der Waals surface area contributed by atoms with Gasteiger partial charge in [0.05, 0.1) is 25.9 Å². The number of methoxy groups -OCH3 is 1. The first-order valence-electron chi connectivity index (χ1n) is 7.38. The van der Waals surface area contributed by atoms with Crippen molar-refractivity contribution in [2.24, 2.45) is 0 Å². The van der Waals surface area contributed by atoms with Crippen LogP contribution in [0, 0.1) is 0 Å². The number of halogens is 1. The SMILES string of the molecule is CCCC(COC)NCC(O)COCc1ccc(Cl)cc1. The molecule has 0 bridgehead atoms. The smallest absolute Gasteiger partial charge is 0.0897 e. The first-order chi connectivity index (χ1) is 10.2. The van der Waals surface area contributed by atoms with Crippen LogP contribution in [0.4, 0.5) is 0 Å². The van der Waals surface area contributed by atoms with E-state index in [-0.39, 0.29) is 6.04 Å². The Labute approximate surface area is 132 Å². The van der Waals surface area contributed by atoms with Gasteiger partial charge in [-0.3, -0.25) is 0 Å². The van der Waals surface area contributed by atoms with Gasteiger partial charge in [-0.1, -0.05) is 37.1 Å². The number of hydrogen-bond donors (Lipinski definition) is 2. The molecule has 4 nitrogen and oxygen atoms in total. The molecule has 0 aliphatic rings. The summed E-state index contributed by atoms with van der Waals surface area (Å²) in [7, 11) is 1.69. The van der Waals surface area contributed by atoms with Crippen LogP contribution >= 0.6 is 11.6 Å². The molecular weight excluding hydrogens is 290 g/mol. The molecule has 2 unspecified atom stereocenters. The van der Waals surface area contributed by atoms with E-state index in [2.05, 4.69) is 12.2 Å². The zero-order valence-corrected chi connectivity index (χ0v) is 13.6. The van der Waals surface area contributed by atoms with Gasteiger partial charge in [-0.15, -0.1) is 0 Å². The standard InChI is InChI=1S/C16H26ClNO3/c1-3-4-15(11-20-2)18-9-16(19)12-21-10-13-5-7-14(17)8-6-13/h5-8,15-16,18-19H,3-4,9-12H2,1-2H3. The predicted molar refractivity (Wildman–Crippen MR) is 85.7 cm³/mol. The summed E-state index contributed by atoms with van der Waals surface area (Å²) in [6.07, 6.45) is 1.60. The van der Waals surface area contributed by atoms with Crippen molar-refractivity contribution in [2.75, 3.05) is 26.9 Å². The van der Waals surface area contributed by atoms with E-state index in [9.17, 15) is 5.11 Å². The Morgan fingerprint density at radius 3 is 2.57 bits per heavy atom. The molecule has 0 saturated heterocycles. The van der Waals surface area contributed by atoms with Crippen LogP contribution in [-0.2, 0) is 16.1 Å². The number of aliphatic hydroxyl groups is 1. The van der Waals surface area contributed by atoms with Gasteiger partial charge in [0.1, 0.15) is 0 Å². The third-order valence-electron chi connectivity index (χ3n) is 3.14. The van der Waals surface area contributed by atoms with Crippen molar-refractivity contribution in [1.29, 1.82) is 0 Å². The Bertz CT molecular complexity index is 366. The van der Waals surface area contributed by atoms with Crippen molar-refractivity contribution < 1.29 is 14.6 Å². The molecule has 1 aromatic carbocycles. The maximum Gasteiger partial charge on any atom is 0.0897 e. The molecule has 0 saturated carbocycles. The molecule has 0 aliphatic carbocycles. The van der Waals surface area contributed by atoms with Crippen LogP contribution in [0.15, 0.2) is 24.3 Å². The van der Waals surface area contributed by atoms with Gasteiger partial charge in [0.2, 0.25) is 0 Å². The summed E-state index contributed by atoms with van der Waals surface area (Å²) in [5.74, 6) is 0. The molecule has 120 valence electrons. The summed E-state index contributed by atoms with van der Waals surface area (Å²) in [5, 5.41) is 13.9. The van der Waals surface area contributed by atoms with Gasteiger partial charge < -0.3 is 19.9 Å². The Morgan fingerprint density at radius 2 is 1.95 bits per heavy atom. The number of benzene rings is 1. The van der Waals surface area contributed by atoms with Gasteiger partial charge in [0.15, 0.2) is 0 Å². The number of hydrogen-bond acceptors (Lipinski definition) is 4. The molecule has 2 N–H and O–H groups in total. The monoisotopic (exact) mass is 315 g/mol. The lowest BCUT2D eigenvalue weighted by Gasteiger charge is -2.19. The number of rotatable bonds is 11. The lowest BCUT2D eigenvalue weighted by atomic mass is 10.2. The summed E-state index contributed by atoms with van der Waals surface area (Å²) in [5.41, 5.74) is 1.04. The summed E-state index contributed by atoms with van der Waals surface area (Å²) >= 11 is 5.82. The van der Waals surface area contributed by atoms with Crippen molar-refractivity contribution in [3.05, 3.63) is 34.9 Å². The average Bonchev–Trinajstić information content (AvgIpc) is 2.47. The first-order valence-corrected chi connectivity index (χ1v) is 7.76. The van der Waals surface area contributed by atoms with Crippen LogP contribution in [0.3, 0.4) is 0 Å². The fraction of sp³-hybridized carbons (Fsp3) is 0.625. The maximum atomic E-state index is 9.91. The number of ether oxygens (including phenoxy) is 2. The van der Waals surface area contributed by atoms with Crippen molar-refractivity contribution in [2.45, 2.75) is 38.5 Å². The maximum absolute atomic E-state index is 9.91. The highest BCUT2D eigenvalue weighted by Crippen LogP contribution is 2.10. The highest BCUT2D eigenvalue weighted by Gasteiger charge is 2.10. The van der Waals surface area contributed by atoms with Crippen LogP contribution in [0.5, 0.6) is 0 Å². The molecule has 21 heavy (non-hydrogen) atoms. The van der Waals surface area contributed by atoms with E-state index in [1.165, 1.54) is 0 Å². The molecule has 0 aliphatic heterocycles. The normalized spacial score (nSPS) is 14.1. The zero-order chi connectivity index (χ0) is 15.5. The molecular formula is C16H26ClNO3. The van der Waals surface area contributed by atoms with Crippen LogP contribution in [0.2, 0.25) is 5.02 Å². The van der Waals surface area contributed by atoms with Crippen LogP contribution in [0.25, 0.3) is 0 Å².